The number of hydrogen-bond donors (Lipinski definition) is 2. The average molecular weight is 484 g/mol. The fraction of sp³-hybridized carbons (Fsp3) is 0.500. The first-order valence-corrected chi connectivity index (χ1v) is 9.15. The van der Waals surface area contributed by atoms with Gasteiger partial charge in [0.05, 0.1) is 18.3 Å². The van der Waals surface area contributed by atoms with Crippen LogP contribution in [0.1, 0.15) is 42.6 Å². The third kappa shape index (κ3) is 6.80. The predicted octanol–water partition coefficient (Wildman–Crippen LogP) is 3.13. The van der Waals surface area contributed by atoms with Gasteiger partial charge in [0.2, 0.25) is 0 Å². The molecule has 1 heterocycles. The summed E-state index contributed by atoms with van der Waals surface area (Å²) in [4.78, 5) is 6.56. The molecule has 0 spiro atoms. The van der Waals surface area contributed by atoms with Gasteiger partial charge in [-0.1, -0.05) is 31.2 Å². The van der Waals surface area contributed by atoms with Crippen molar-refractivity contribution in [2.24, 2.45) is 12.0 Å². The van der Waals surface area contributed by atoms with Crippen LogP contribution in [0.3, 0.4) is 0 Å². The molecule has 6 nitrogen and oxygen atoms in total. The number of rotatable bonds is 7. The molecule has 0 bridgehead atoms. The highest BCUT2D eigenvalue weighted by Crippen LogP contribution is 2.17. The normalized spacial score (nSPS) is 13.8. The van der Waals surface area contributed by atoms with E-state index in [9.17, 15) is 0 Å². The molecule has 2 N–H and O–H groups in total. The minimum absolute atomic E-state index is 0. The summed E-state index contributed by atoms with van der Waals surface area (Å²) in [5.41, 5.74) is 3.79. The zero-order valence-electron chi connectivity index (χ0n) is 17.2. The number of likely N-dealkylation sites (N-methyl/N-ethyl adjacent to an activating group) is 1. The van der Waals surface area contributed by atoms with E-state index in [2.05, 4.69) is 84.0 Å². The van der Waals surface area contributed by atoms with Crippen LogP contribution in [0.25, 0.3) is 0 Å². The summed E-state index contributed by atoms with van der Waals surface area (Å²) in [6.45, 7) is 5.07. The van der Waals surface area contributed by atoms with Crippen molar-refractivity contribution in [1.29, 1.82) is 0 Å². The van der Waals surface area contributed by atoms with Crippen molar-refractivity contribution in [3.63, 3.8) is 0 Å². The van der Waals surface area contributed by atoms with Crippen molar-refractivity contribution < 1.29 is 0 Å². The minimum atomic E-state index is 0. The molecule has 2 aromatic rings. The lowest BCUT2D eigenvalue weighted by Gasteiger charge is -2.25. The highest BCUT2D eigenvalue weighted by atomic mass is 127. The van der Waals surface area contributed by atoms with Crippen molar-refractivity contribution in [3.05, 3.63) is 53.3 Å². The molecule has 0 saturated carbocycles. The Hall–Kier alpha value is -1.61. The number of halogens is 1. The number of benzene rings is 1. The van der Waals surface area contributed by atoms with E-state index in [0.29, 0.717) is 0 Å². The van der Waals surface area contributed by atoms with E-state index in [4.69, 9.17) is 0 Å². The summed E-state index contributed by atoms with van der Waals surface area (Å²) in [5, 5.41) is 11.2. The first kappa shape index (κ1) is 23.4. The van der Waals surface area contributed by atoms with E-state index in [0.717, 1.165) is 18.9 Å². The van der Waals surface area contributed by atoms with Crippen LogP contribution in [-0.4, -0.2) is 48.3 Å². The summed E-state index contributed by atoms with van der Waals surface area (Å²) in [7, 11) is 7.90. The standard InChI is InChI=1S/C20H32N6.HI/c1-7-16-8-10-17(11-9-16)15(2)24-20(21-3)22-13-19(25(4)5)18-12-23-26(6)14-18;/h8-12,14-15,19H,7,13H2,1-6H3,(H2,21,22,24);1H. The SMILES string of the molecule is CCc1ccc(C(C)NC(=NC)NCC(c2cnn(C)c2)N(C)C)cc1.I. The number of nitrogens with zero attached hydrogens (tertiary/aromatic N) is 4. The molecule has 0 fully saturated rings. The number of aryl methyl sites for hydroxylation is 2. The van der Waals surface area contributed by atoms with E-state index >= 15 is 0 Å². The van der Waals surface area contributed by atoms with Gasteiger partial charge >= 0.3 is 0 Å². The number of aliphatic imine (C=N–C) groups is 1. The molecular formula is C20H33IN6. The molecule has 1 aromatic carbocycles. The monoisotopic (exact) mass is 484 g/mol. The lowest BCUT2D eigenvalue weighted by Crippen LogP contribution is -2.42. The molecule has 0 saturated heterocycles. The van der Waals surface area contributed by atoms with E-state index < -0.39 is 0 Å². The topological polar surface area (TPSA) is 57.5 Å². The van der Waals surface area contributed by atoms with E-state index in [1.165, 1.54) is 16.7 Å². The molecule has 2 unspecified atom stereocenters. The molecule has 150 valence electrons. The Balaban J connectivity index is 0.00000364. The van der Waals surface area contributed by atoms with E-state index in [1.54, 1.807) is 7.05 Å². The van der Waals surface area contributed by atoms with Crippen molar-refractivity contribution in [1.82, 2.24) is 25.3 Å². The Morgan fingerprint density at radius 2 is 1.89 bits per heavy atom. The van der Waals surface area contributed by atoms with Gasteiger partial charge in [-0.15, -0.1) is 24.0 Å². The molecule has 27 heavy (non-hydrogen) atoms. The van der Waals surface area contributed by atoms with Gasteiger partial charge in [-0.25, -0.2) is 0 Å². The van der Waals surface area contributed by atoms with Gasteiger partial charge in [0.15, 0.2) is 5.96 Å². The zero-order chi connectivity index (χ0) is 19.1. The fourth-order valence-electron chi connectivity index (χ4n) is 2.93. The van der Waals surface area contributed by atoms with Crippen LogP contribution in [0.2, 0.25) is 0 Å². The lowest BCUT2D eigenvalue weighted by molar-refractivity contribution is 0.298. The number of aromatic nitrogens is 2. The molecule has 0 amide bonds. The maximum atomic E-state index is 4.37. The van der Waals surface area contributed by atoms with E-state index in [-0.39, 0.29) is 36.1 Å². The molecule has 0 aliphatic heterocycles. The van der Waals surface area contributed by atoms with Gasteiger partial charge in [-0.3, -0.25) is 9.67 Å². The van der Waals surface area contributed by atoms with Crippen LogP contribution >= 0.6 is 24.0 Å². The summed E-state index contributed by atoms with van der Waals surface area (Å²) >= 11 is 0. The Morgan fingerprint density at radius 3 is 2.37 bits per heavy atom. The zero-order valence-corrected chi connectivity index (χ0v) is 19.6. The Morgan fingerprint density at radius 1 is 1.22 bits per heavy atom. The van der Waals surface area contributed by atoms with Gasteiger partial charge in [-0.05, 0) is 38.6 Å². The molecular weight excluding hydrogens is 451 g/mol. The molecule has 7 heteroatoms. The smallest absolute Gasteiger partial charge is 0.191 e. The quantitative estimate of drug-likeness (QED) is 0.360. The molecule has 2 rings (SSSR count). The molecule has 0 aliphatic carbocycles. The highest BCUT2D eigenvalue weighted by Gasteiger charge is 2.17. The summed E-state index contributed by atoms with van der Waals surface area (Å²) < 4.78 is 1.83. The van der Waals surface area contributed by atoms with Crippen LogP contribution in [0, 0.1) is 0 Å². The van der Waals surface area contributed by atoms with Crippen molar-refractivity contribution in [2.75, 3.05) is 27.7 Å². The van der Waals surface area contributed by atoms with Gasteiger partial charge in [-0.2, -0.15) is 5.10 Å². The summed E-state index contributed by atoms with van der Waals surface area (Å²) in [5.74, 6) is 0.799. The summed E-state index contributed by atoms with van der Waals surface area (Å²) in [6.07, 6.45) is 5.03. The van der Waals surface area contributed by atoms with Crippen LogP contribution < -0.4 is 10.6 Å². The highest BCUT2D eigenvalue weighted by molar-refractivity contribution is 14.0. The Kier molecular flexibility index (Phi) is 9.79. The average Bonchev–Trinajstić information content (AvgIpc) is 3.06. The first-order chi connectivity index (χ1) is 12.4. The molecule has 0 radical (unpaired) electrons. The van der Waals surface area contributed by atoms with Crippen LogP contribution in [0.15, 0.2) is 41.7 Å². The third-order valence-corrected chi connectivity index (χ3v) is 4.66. The molecule has 1 aromatic heterocycles. The Bertz CT molecular complexity index is 708. The van der Waals surface area contributed by atoms with Crippen molar-refractivity contribution >= 4 is 29.9 Å². The van der Waals surface area contributed by atoms with Crippen molar-refractivity contribution in [3.8, 4) is 0 Å². The van der Waals surface area contributed by atoms with Crippen LogP contribution in [0.4, 0.5) is 0 Å². The minimum Gasteiger partial charge on any atom is -0.354 e. The molecule has 2 atom stereocenters. The fourth-order valence-corrected chi connectivity index (χ4v) is 2.93. The van der Waals surface area contributed by atoms with E-state index in [1.807, 2.05) is 17.9 Å². The predicted molar refractivity (Wildman–Crippen MR) is 124 cm³/mol. The number of guanidine groups is 1. The number of nitrogens with one attached hydrogen (secondary N) is 2. The van der Waals surface area contributed by atoms with Crippen LogP contribution in [0.5, 0.6) is 0 Å². The van der Waals surface area contributed by atoms with Gasteiger partial charge in [0.25, 0.3) is 0 Å². The molecule has 0 aliphatic rings. The lowest BCUT2D eigenvalue weighted by atomic mass is 10.1. The Labute approximate surface area is 180 Å². The van der Waals surface area contributed by atoms with Crippen molar-refractivity contribution in [2.45, 2.75) is 32.4 Å². The van der Waals surface area contributed by atoms with Crippen LogP contribution in [-0.2, 0) is 13.5 Å². The van der Waals surface area contributed by atoms with Gasteiger partial charge < -0.3 is 15.5 Å². The largest absolute Gasteiger partial charge is 0.354 e. The summed E-state index contributed by atoms with van der Waals surface area (Å²) in [6, 6.07) is 9.15. The maximum Gasteiger partial charge on any atom is 0.191 e. The van der Waals surface area contributed by atoms with Gasteiger partial charge in [0, 0.05) is 32.4 Å². The first-order valence-electron chi connectivity index (χ1n) is 9.15. The second-order valence-corrected chi connectivity index (χ2v) is 6.84. The number of hydrogen-bond acceptors (Lipinski definition) is 3. The third-order valence-electron chi connectivity index (χ3n) is 4.66. The van der Waals surface area contributed by atoms with Gasteiger partial charge in [0.1, 0.15) is 0 Å². The maximum absolute atomic E-state index is 4.37. The second-order valence-electron chi connectivity index (χ2n) is 6.84. The second kappa shape index (κ2) is 11.3.